The van der Waals surface area contributed by atoms with E-state index < -0.39 is 0 Å². The first-order valence-electron chi connectivity index (χ1n) is 5.40. The molecule has 0 aliphatic carbocycles. The van der Waals surface area contributed by atoms with Crippen molar-refractivity contribution in [2.75, 3.05) is 0 Å². The largest absolute Gasteiger partial charge is 0.456 e. The number of aromatic nitrogens is 1. The summed E-state index contributed by atoms with van der Waals surface area (Å²) in [5.74, 6) is 0.591. The number of halogens is 2. The van der Waals surface area contributed by atoms with Gasteiger partial charge in [0.15, 0.2) is 0 Å². The van der Waals surface area contributed by atoms with Crippen LogP contribution < -0.4 is 10.5 Å². The van der Waals surface area contributed by atoms with Gasteiger partial charge in [-0.15, -0.1) is 0 Å². The third-order valence-corrected chi connectivity index (χ3v) is 2.76. The van der Waals surface area contributed by atoms with Gasteiger partial charge in [0.05, 0.1) is 11.9 Å². The van der Waals surface area contributed by atoms with E-state index in [2.05, 4.69) is 20.9 Å². The Labute approximate surface area is 113 Å². The molecule has 3 nitrogen and oxygen atoms in total. The fourth-order valence-electron chi connectivity index (χ4n) is 1.44. The lowest BCUT2D eigenvalue weighted by Gasteiger charge is -2.08. The van der Waals surface area contributed by atoms with Gasteiger partial charge in [-0.1, -0.05) is 15.9 Å². The Morgan fingerprint density at radius 3 is 2.61 bits per heavy atom. The minimum Gasteiger partial charge on any atom is -0.456 e. The SMILES string of the molecule is C[C@H](N)c1ccc(Oc2cc(F)cc(Br)c2)cn1. The van der Waals surface area contributed by atoms with E-state index in [0.29, 0.717) is 16.0 Å². The minimum atomic E-state index is -0.362. The van der Waals surface area contributed by atoms with Crippen molar-refractivity contribution in [3.05, 3.63) is 52.5 Å². The smallest absolute Gasteiger partial charge is 0.145 e. The van der Waals surface area contributed by atoms with E-state index in [0.717, 1.165) is 5.69 Å². The molecule has 0 amide bonds. The van der Waals surface area contributed by atoms with Crippen molar-refractivity contribution in [2.45, 2.75) is 13.0 Å². The van der Waals surface area contributed by atoms with Crippen molar-refractivity contribution >= 4 is 15.9 Å². The average molecular weight is 311 g/mol. The summed E-state index contributed by atoms with van der Waals surface area (Å²) in [6.45, 7) is 1.85. The number of hydrogen-bond donors (Lipinski definition) is 1. The number of ether oxygens (including phenoxy) is 1. The van der Waals surface area contributed by atoms with Crippen LogP contribution in [0.25, 0.3) is 0 Å². The second-order valence-electron chi connectivity index (χ2n) is 3.91. The number of nitrogens with two attached hydrogens (primary N) is 1. The Balaban J connectivity index is 2.18. The first-order chi connectivity index (χ1) is 8.54. The highest BCUT2D eigenvalue weighted by atomic mass is 79.9. The van der Waals surface area contributed by atoms with Crippen molar-refractivity contribution < 1.29 is 9.13 Å². The van der Waals surface area contributed by atoms with Gasteiger partial charge in [0.1, 0.15) is 17.3 Å². The summed E-state index contributed by atoms with van der Waals surface area (Å²) in [6.07, 6.45) is 1.57. The third kappa shape index (κ3) is 3.27. The number of pyridine rings is 1. The van der Waals surface area contributed by atoms with E-state index in [1.165, 1.54) is 12.1 Å². The molecule has 18 heavy (non-hydrogen) atoms. The maximum Gasteiger partial charge on any atom is 0.145 e. The van der Waals surface area contributed by atoms with Gasteiger partial charge in [-0.3, -0.25) is 4.98 Å². The molecular formula is C13H12BrFN2O. The van der Waals surface area contributed by atoms with Crippen LogP contribution in [-0.4, -0.2) is 4.98 Å². The summed E-state index contributed by atoms with van der Waals surface area (Å²) < 4.78 is 19.3. The van der Waals surface area contributed by atoms with Crippen LogP contribution in [0.4, 0.5) is 4.39 Å². The van der Waals surface area contributed by atoms with Crippen LogP contribution in [0, 0.1) is 5.82 Å². The van der Waals surface area contributed by atoms with Gasteiger partial charge in [-0.25, -0.2) is 4.39 Å². The minimum absolute atomic E-state index is 0.123. The number of benzene rings is 1. The Hall–Kier alpha value is -1.46. The molecule has 0 spiro atoms. The summed E-state index contributed by atoms with van der Waals surface area (Å²) in [6, 6.07) is 7.78. The highest BCUT2D eigenvalue weighted by molar-refractivity contribution is 9.10. The molecule has 5 heteroatoms. The molecule has 0 fully saturated rings. The lowest BCUT2D eigenvalue weighted by Crippen LogP contribution is -2.06. The van der Waals surface area contributed by atoms with E-state index in [1.54, 1.807) is 24.4 Å². The molecule has 94 valence electrons. The number of nitrogens with zero attached hydrogens (tertiary/aromatic N) is 1. The zero-order valence-electron chi connectivity index (χ0n) is 9.73. The molecule has 0 aliphatic heterocycles. The molecule has 2 aromatic rings. The zero-order chi connectivity index (χ0) is 13.1. The average Bonchev–Trinajstić information content (AvgIpc) is 2.28. The van der Waals surface area contributed by atoms with E-state index >= 15 is 0 Å². The number of rotatable bonds is 3. The van der Waals surface area contributed by atoms with Crippen molar-refractivity contribution in [3.8, 4) is 11.5 Å². The quantitative estimate of drug-likeness (QED) is 0.938. The summed E-state index contributed by atoms with van der Waals surface area (Å²) in [5, 5.41) is 0. The van der Waals surface area contributed by atoms with E-state index in [-0.39, 0.29) is 11.9 Å². The van der Waals surface area contributed by atoms with Crippen molar-refractivity contribution in [1.29, 1.82) is 0 Å². The Bertz CT molecular complexity index is 523. The van der Waals surface area contributed by atoms with Crippen LogP contribution in [0.1, 0.15) is 18.7 Å². The Kier molecular flexibility index (Phi) is 3.93. The Morgan fingerprint density at radius 1 is 1.28 bits per heavy atom. The van der Waals surface area contributed by atoms with Gasteiger partial charge < -0.3 is 10.5 Å². The van der Waals surface area contributed by atoms with Crippen LogP contribution in [0.15, 0.2) is 41.0 Å². The second kappa shape index (κ2) is 5.46. The first kappa shape index (κ1) is 13.0. The summed E-state index contributed by atoms with van der Waals surface area (Å²) in [5.41, 5.74) is 6.48. The van der Waals surface area contributed by atoms with Gasteiger partial charge in [0.2, 0.25) is 0 Å². The molecule has 2 N–H and O–H groups in total. The fraction of sp³-hybridized carbons (Fsp3) is 0.154. The third-order valence-electron chi connectivity index (χ3n) is 2.30. The van der Waals surface area contributed by atoms with E-state index in [4.69, 9.17) is 10.5 Å². The van der Waals surface area contributed by atoms with Crippen LogP contribution in [0.5, 0.6) is 11.5 Å². The summed E-state index contributed by atoms with van der Waals surface area (Å²) in [4.78, 5) is 4.16. The molecule has 0 radical (unpaired) electrons. The lowest BCUT2D eigenvalue weighted by atomic mass is 10.2. The van der Waals surface area contributed by atoms with Crippen molar-refractivity contribution in [1.82, 2.24) is 4.98 Å². The van der Waals surface area contributed by atoms with Gasteiger partial charge in [-0.05, 0) is 31.2 Å². The highest BCUT2D eigenvalue weighted by Crippen LogP contribution is 2.25. The van der Waals surface area contributed by atoms with Gasteiger partial charge in [0.25, 0.3) is 0 Å². The van der Waals surface area contributed by atoms with Crippen LogP contribution in [0.2, 0.25) is 0 Å². The zero-order valence-corrected chi connectivity index (χ0v) is 11.3. The molecule has 0 aliphatic rings. The lowest BCUT2D eigenvalue weighted by molar-refractivity contribution is 0.473. The predicted octanol–water partition coefficient (Wildman–Crippen LogP) is 3.80. The van der Waals surface area contributed by atoms with Crippen LogP contribution in [-0.2, 0) is 0 Å². The summed E-state index contributed by atoms with van der Waals surface area (Å²) >= 11 is 3.20. The van der Waals surface area contributed by atoms with Crippen LogP contribution in [0.3, 0.4) is 0 Å². The molecule has 1 aromatic heterocycles. The first-order valence-corrected chi connectivity index (χ1v) is 6.19. The second-order valence-corrected chi connectivity index (χ2v) is 4.83. The monoisotopic (exact) mass is 310 g/mol. The van der Waals surface area contributed by atoms with Crippen molar-refractivity contribution in [2.24, 2.45) is 5.73 Å². The molecule has 0 saturated carbocycles. The van der Waals surface area contributed by atoms with Gasteiger partial charge >= 0.3 is 0 Å². The molecule has 0 unspecified atom stereocenters. The fourth-order valence-corrected chi connectivity index (χ4v) is 1.89. The molecule has 2 rings (SSSR count). The van der Waals surface area contributed by atoms with Crippen LogP contribution >= 0.6 is 15.9 Å². The van der Waals surface area contributed by atoms with E-state index in [1.807, 2.05) is 6.92 Å². The molecular weight excluding hydrogens is 299 g/mol. The molecule has 1 heterocycles. The van der Waals surface area contributed by atoms with E-state index in [9.17, 15) is 4.39 Å². The Morgan fingerprint density at radius 2 is 2.06 bits per heavy atom. The maximum atomic E-state index is 13.2. The molecule has 0 saturated heterocycles. The standard InChI is InChI=1S/C13H12BrFN2O/c1-8(16)13-3-2-11(7-17-13)18-12-5-9(14)4-10(15)6-12/h2-8H,16H2,1H3/t8-/m0/s1. The summed E-state index contributed by atoms with van der Waals surface area (Å²) in [7, 11) is 0. The topological polar surface area (TPSA) is 48.1 Å². The molecule has 1 aromatic carbocycles. The predicted molar refractivity (Wildman–Crippen MR) is 71.0 cm³/mol. The van der Waals surface area contributed by atoms with Gasteiger partial charge in [0, 0.05) is 16.6 Å². The number of hydrogen-bond acceptors (Lipinski definition) is 3. The maximum absolute atomic E-state index is 13.2. The van der Waals surface area contributed by atoms with Crippen molar-refractivity contribution in [3.63, 3.8) is 0 Å². The molecule has 0 bridgehead atoms. The normalized spacial score (nSPS) is 12.2. The highest BCUT2D eigenvalue weighted by Gasteiger charge is 2.04. The molecule has 1 atom stereocenters. The van der Waals surface area contributed by atoms with Gasteiger partial charge in [-0.2, -0.15) is 0 Å².